The zero-order valence-electron chi connectivity index (χ0n) is 15.8. The van der Waals surface area contributed by atoms with Gasteiger partial charge in [-0.2, -0.15) is 0 Å². The van der Waals surface area contributed by atoms with Gasteiger partial charge in [0.25, 0.3) is 5.91 Å². The van der Waals surface area contributed by atoms with Crippen molar-refractivity contribution in [3.63, 3.8) is 0 Å². The van der Waals surface area contributed by atoms with Crippen LogP contribution in [0, 0.1) is 6.92 Å². The van der Waals surface area contributed by atoms with Gasteiger partial charge in [-0.1, -0.05) is 29.8 Å². The van der Waals surface area contributed by atoms with Gasteiger partial charge in [-0.05, 0) is 50.6 Å². The quantitative estimate of drug-likeness (QED) is 0.762. The Morgan fingerprint density at radius 1 is 0.963 bits per heavy atom. The first kappa shape index (κ1) is 18.8. The molecule has 0 aliphatic carbocycles. The highest BCUT2D eigenvalue weighted by atomic mass is 16.5. The zero-order chi connectivity index (χ0) is 19.4. The van der Waals surface area contributed by atoms with E-state index in [0.717, 1.165) is 11.3 Å². The average Bonchev–Trinajstić information content (AvgIpc) is 2.88. The molecule has 3 amide bonds. The van der Waals surface area contributed by atoms with Crippen molar-refractivity contribution in [1.29, 1.82) is 0 Å². The van der Waals surface area contributed by atoms with Gasteiger partial charge in [0.05, 0.1) is 13.2 Å². The van der Waals surface area contributed by atoms with Crippen LogP contribution in [0.4, 0.5) is 4.79 Å². The molecule has 1 fully saturated rings. The SMILES string of the molecule is CCOc1ccc(C2(C)NC(=O)N(CCOc3ccc(C)cc3)C2=O)cc1. The van der Waals surface area contributed by atoms with E-state index in [1.165, 1.54) is 4.90 Å². The molecule has 6 nitrogen and oxygen atoms in total. The van der Waals surface area contributed by atoms with E-state index in [1.54, 1.807) is 31.2 Å². The molecule has 1 atom stereocenters. The Balaban J connectivity index is 1.65. The summed E-state index contributed by atoms with van der Waals surface area (Å²) in [5.41, 5.74) is 0.764. The Labute approximate surface area is 159 Å². The van der Waals surface area contributed by atoms with Gasteiger partial charge >= 0.3 is 6.03 Å². The third kappa shape index (κ3) is 3.89. The number of urea groups is 1. The fraction of sp³-hybridized carbons (Fsp3) is 0.333. The van der Waals surface area contributed by atoms with Crippen LogP contribution >= 0.6 is 0 Å². The molecule has 6 heteroatoms. The summed E-state index contributed by atoms with van der Waals surface area (Å²) in [6.07, 6.45) is 0. The average molecular weight is 368 g/mol. The molecule has 1 saturated heterocycles. The third-order valence-electron chi connectivity index (χ3n) is 4.62. The van der Waals surface area contributed by atoms with E-state index in [0.29, 0.717) is 17.9 Å². The predicted octanol–water partition coefficient (Wildman–Crippen LogP) is 3.24. The van der Waals surface area contributed by atoms with Gasteiger partial charge in [-0.3, -0.25) is 9.69 Å². The van der Waals surface area contributed by atoms with Crippen molar-refractivity contribution in [1.82, 2.24) is 10.2 Å². The highest BCUT2D eigenvalue weighted by molar-refractivity contribution is 6.07. The number of imide groups is 1. The second kappa shape index (κ2) is 7.70. The number of amides is 3. The molecular formula is C21H24N2O4. The van der Waals surface area contributed by atoms with Crippen LogP contribution in [0.1, 0.15) is 25.0 Å². The van der Waals surface area contributed by atoms with Crippen molar-refractivity contribution in [3.05, 3.63) is 59.7 Å². The van der Waals surface area contributed by atoms with Crippen LogP contribution in [-0.4, -0.2) is 36.6 Å². The number of nitrogens with zero attached hydrogens (tertiary/aromatic N) is 1. The lowest BCUT2D eigenvalue weighted by molar-refractivity contribution is -0.131. The Morgan fingerprint density at radius 2 is 1.56 bits per heavy atom. The van der Waals surface area contributed by atoms with Gasteiger partial charge in [0.2, 0.25) is 0 Å². The molecule has 1 heterocycles. The number of benzene rings is 2. The normalized spacial score (nSPS) is 19.1. The summed E-state index contributed by atoms with van der Waals surface area (Å²) in [4.78, 5) is 26.4. The minimum Gasteiger partial charge on any atom is -0.494 e. The number of aryl methyl sites for hydroxylation is 1. The van der Waals surface area contributed by atoms with E-state index in [1.807, 2.05) is 38.1 Å². The maximum absolute atomic E-state index is 12.9. The Bertz CT molecular complexity index is 817. The summed E-state index contributed by atoms with van der Waals surface area (Å²) >= 11 is 0. The van der Waals surface area contributed by atoms with Crippen molar-refractivity contribution in [2.75, 3.05) is 19.8 Å². The Morgan fingerprint density at radius 3 is 2.19 bits per heavy atom. The summed E-state index contributed by atoms with van der Waals surface area (Å²) in [5, 5.41) is 2.80. The molecule has 0 spiro atoms. The van der Waals surface area contributed by atoms with Gasteiger partial charge in [0.1, 0.15) is 23.6 Å². The van der Waals surface area contributed by atoms with Crippen molar-refractivity contribution in [2.24, 2.45) is 0 Å². The summed E-state index contributed by atoms with van der Waals surface area (Å²) in [6, 6.07) is 14.4. The van der Waals surface area contributed by atoms with E-state index in [-0.39, 0.29) is 19.1 Å². The van der Waals surface area contributed by atoms with Crippen molar-refractivity contribution in [2.45, 2.75) is 26.3 Å². The van der Waals surface area contributed by atoms with Crippen LogP contribution in [0.15, 0.2) is 48.5 Å². The molecule has 2 aromatic carbocycles. The summed E-state index contributed by atoms with van der Waals surface area (Å²) in [7, 11) is 0. The lowest BCUT2D eigenvalue weighted by atomic mass is 9.92. The minimum absolute atomic E-state index is 0.186. The molecule has 142 valence electrons. The molecule has 0 saturated carbocycles. The first-order chi connectivity index (χ1) is 12.9. The zero-order valence-corrected chi connectivity index (χ0v) is 15.8. The second-order valence-corrected chi connectivity index (χ2v) is 6.63. The van der Waals surface area contributed by atoms with E-state index in [2.05, 4.69) is 5.32 Å². The maximum atomic E-state index is 12.9. The van der Waals surface area contributed by atoms with E-state index >= 15 is 0 Å². The number of nitrogens with one attached hydrogen (secondary N) is 1. The van der Waals surface area contributed by atoms with Crippen molar-refractivity contribution >= 4 is 11.9 Å². The van der Waals surface area contributed by atoms with Crippen molar-refractivity contribution < 1.29 is 19.1 Å². The van der Waals surface area contributed by atoms with Crippen LogP contribution in [0.5, 0.6) is 11.5 Å². The van der Waals surface area contributed by atoms with Crippen LogP contribution in [0.25, 0.3) is 0 Å². The van der Waals surface area contributed by atoms with Crippen LogP contribution < -0.4 is 14.8 Å². The monoisotopic (exact) mass is 368 g/mol. The van der Waals surface area contributed by atoms with Crippen LogP contribution in [-0.2, 0) is 10.3 Å². The highest BCUT2D eigenvalue weighted by Gasteiger charge is 2.48. The smallest absolute Gasteiger partial charge is 0.325 e. The first-order valence-corrected chi connectivity index (χ1v) is 9.01. The number of rotatable bonds is 7. The van der Waals surface area contributed by atoms with Gasteiger partial charge in [-0.15, -0.1) is 0 Å². The largest absolute Gasteiger partial charge is 0.494 e. The van der Waals surface area contributed by atoms with Crippen LogP contribution in [0.3, 0.4) is 0 Å². The maximum Gasteiger partial charge on any atom is 0.325 e. The number of hydrogen-bond donors (Lipinski definition) is 1. The summed E-state index contributed by atoms with van der Waals surface area (Å²) in [6.45, 7) is 6.61. The Hall–Kier alpha value is -3.02. The number of carbonyl (C=O) groups excluding carboxylic acids is 2. The topological polar surface area (TPSA) is 67.9 Å². The standard InChI is InChI=1S/C21H24N2O4/c1-4-26-17-11-7-16(8-12-17)21(3)19(24)23(20(25)22-21)13-14-27-18-9-5-15(2)6-10-18/h5-12H,4,13-14H2,1-3H3,(H,22,25). The fourth-order valence-electron chi connectivity index (χ4n) is 3.04. The lowest BCUT2D eigenvalue weighted by Gasteiger charge is -2.22. The number of carbonyl (C=O) groups is 2. The molecule has 2 aromatic rings. The molecule has 1 unspecified atom stereocenters. The van der Waals surface area contributed by atoms with Gasteiger partial charge in [-0.25, -0.2) is 4.79 Å². The molecule has 1 aliphatic heterocycles. The van der Waals surface area contributed by atoms with Gasteiger partial charge in [0, 0.05) is 0 Å². The fourth-order valence-corrected chi connectivity index (χ4v) is 3.04. The molecule has 1 N–H and O–H groups in total. The molecular weight excluding hydrogens is 344 g/mol. The predicted molar refractivity (Wildman–Crippen MR) is 102 cm³/mol. The molecule has 0 aromatic heterocycles. The summed E-state index contributed by atoms with van der Waals surface area (Å²) < 4.78 is 11.1. The lowest BCUT2D eigenvalue weighted by Crippen LogP contribution is -2.41. The number of ether oxygens (including phenoxy) is 2. The van der Waals surface area contributed by atoms with E-state index in [9.17, 15) is 9.59 Å². The van der Waals surface area contributed by atoms with Crippen LogP contribution in [0.2, 0.25) is 0 Å². The molecule has 3 rings (SSSR count). The van der Waals surface area contributed by atoms with Crippen molar-refractivity contribution in [3.8, 4) is 11.5 Å². The third-order valence-corrected chi connectivity index (χ3v) is 4.62. The van der Waals surface area contributed by atoms with Gasteiger partial charge in [0.15, 0.2) is 0 Å². The highest BCUT2D eigenvalue weighted by Crippen LogP contribution is 2.30. The van der Waals surface area contributed by atoms with E-state index < -0.39 is 11.6 Å². The van der Waals surface area contributed by atoms with Gasteiger partial charge < -0.3 is 14.8 Å². The second-order valence-electron chi connectivity index (χ2n) is 6.63. The first-order valence-electron chi connectivity index (χ1n) is 9.01. The molecule has 1 aliphatic rings. The molecule has 27 heavy (non-hydrogen) atoms. The number of hydrogen-bond acceptors (Lipinski definition) is 4. The Kier molecular flexibility index (Phi) is 5.35. The van der Waals surface area contributed by atoms with E-state index in [4.69, 9.17) is 9.47 Å². The summed E-state index contributed by atoms with van der Waals surface area (Å²) in [5.74, 6) is 1.15. The molecule has 0 bridgehead atoms. The minimum atomic E-state index is -1.09. The molecule has 0 radical (unpaired) electrons.